The van der Waals surface area contributed by atoms with Crippen molar-refractivity contribution in [2.24, 2.45) is 5.92 Å². The number of hydrogen-bond acceptors (Lipinski definition) is 5. The molecular weight excluding hydrogens is 450 g/mol. The predicted molar refractivity (Wildman–Crippen MR) is 131 cm³/mol. The van der Waals surface area contributed by atoms with Crippen LogP contribution in [0.2, 0.25) is 0 Å². The molecule has 1 aliphatic rings. The van der Waals surface area contributed by atoms with Crippen molar-refractivity contribution in [1.29, 1.82) is 0 Å². The summed E-state index contributed by atoms with van der Waals surface area (Å²) in [5, 5.41) is 7.84. The lowest BCUT2D eigenvalue weighted by atomic mass is 9.92. The van der Waals surface area contributed by atoms with E-state index in [1.807, 2.05) is 37.3 Å². The van der Waals surface area contributed by atoms with Gasteiger partial charge in [-0.25, -0.2) is 13.1 Å². The summed E-state index contributed by atoms with van der Waals surface area (Å²) >= 11 is 0. The van der Waals surface area contributed by atoms with E-state index < -0.39 is 10.0 Å². The Morgan fingerprint density at radius 3 is 2.44 bits per heavy atom. The molecule has 1 aliphatic heterocycles. The van der Waals surface area contributed by atoms with Crippen molar-refractivity contribution in [3.8, 4) is 5.69 Å². The van der Waals surface area contributed by atoms with Gasteiger partial charge in [0.15, 0.2) is 0 Å². The normalized spacial score (nSPS) is 15.9. The van der Waals surface area contributed by atoms with Crippen LogP contribution in [0.1, 0.15) is 44.9 Å². The highest BCUT2D eigenvalue weighted by molar-refractivity contribution is 7.89. The average molecular weight is 482 g/mol. The lowest BCUT2D eigenvalue weighted by Crippen LogP contribution is -2.41. The van der Waals surface area contributed by atoms with Crippen molar-refractivity contribution < 1.29 is 13.2 Å². The van der Waals surface area contributed by atoms with E-state index in [-0.39, 0.29) is 22.1 Å². The predicted octanol–water partition coefficient (Wildman–Crippen LogP) is 3.91. The van der Waals surface area contributed by atoms with Gasteiger partial charge in [0.1, 0.15) is 10.7 Å². The van der Waals surface area contributed by atoms with Crippen LogP contribution in [0.5, 0.6) is 0 Å². The van der Waals surface area contributed by atoms with Crippen molar-refractivity contribution in [3.05, 3.63) is 66.1 Å². The first-order chi connectivity index (χ1) is 16.1. The van der Waals surface area contributed by atoms with Crippen LogP contribution < -0.4 is 5.32 Å². The van der Waals surface area contributed by atoms with E-state index in [2.05, 4.69) is 31.1 Å². The number of carbonyl (C=O) groups is 1. The summed E-state index contributed by atoms with van der Waals surface area (Å²) in [6.07, 6.45) is 3.81. The Balaban J connectivity index is 1.50. The highest BCUT2D eigenvalue weighted by Gasteiger charge is 2.33. The minimum Gasteiger partial charge on any atom is -0.310 e. The number of aromatic nitrogens is 3. The zero-order valence-corrected chi connectivity index (χ0v) is 20.8. The average Bonchev–Trinajstić information content (AvgIpc) is 3.24. The zero-order valence-electron chi connectivity index (χ0n) is 20.0. The van der Waals surface area contributed by atoms with Gasteiger partial charge in [-0.2, -0.15) is 9.40 Å². The number of piperidine rings is 1. The molecule has 180 valence electrons. The first-order valence-corrected chi connectivity index (χ1v) is 12.9. The van der Waals surface area contributed by atoms with E-state index in [0.717, 1.165) is 16.9 Å². The SMILES string of the molecule is Cc1cccc(-n2nc(C(C)(C)C)cc2NC(=O)C2CCN(S(=O)(=O)c3cccnc3)CC2)c1. The highest BCUT2D eigenvalue weighted by atomic mass is 32.2. The zero-order chi connectivity index (χ0) is 24.5. The minimum absolute atomic E-state index is 0.118. The Morgan fingerprint density at radius 2 is 1.82 bits per heavy atom. The van der Waals surface area contributed by atoms with Gasteiger partial charge in [0, 0.05) is 42.9 Å². The van der Waals surface area contributed by atoms with Crippen LogP contribution in [-0.2, 0) is 20.2 Å². The molecule has 9 heteroatoms. The molecular formula is C25H31N5O3S. The van der Waals surface area contributed by atoms with E-state index in [0.29, 0.717) is 31.7 Å². The molecule has 3 aromatic rings. The summed E-state index contributed by atoms with van der Waals surface area (Å²) in [7, 11) is -3.60. The number of pyridine rings is 1. The lowest BCUT2D eigenvalue weighted by molar-refractivity contribution is -0.120. The molecule has 0 saturated carbocycles. The molecule has 34 heavy (non-hydrogen) atoms. The number of rotatable bonds is 5. The number of amides is 1. The number of nitrogens with one attached hydrogen (secondary N) is 1. The van der Waals surface area contributed by atoms with Gasteiger partial charge in [-0.05, 0) is 49.6 Å². The Bertz CT molecular complexity index is 1270. The summed E-state index contributed by atoms with van der Waals surface area (Å²) < 4.78 is 28.9. The van der Waals surface area contributed by atoms with E-state index >= 15 is 0 Å². The van der Waals surface area contributed by atoms with Crippen LogP contribution >= 0.6 is 0 Å². The number of anilines is 1. The summed E-state index contributed by atoms with van der Waals surface area (Å²) in [4.78, 5) is 17.3. The molecule has 0 atom stereocenters. The third-order valence-electron chi connectivity index (χ3n) is 6.07. The number of hydrogen-bond donors (Lipinski definition) is 1. The number of carbonyl (C=O) groups excluding carboxylic acids is 1. The number of aryl methyl sites for hydroxylation is 1. The first kappa shape index (κ1) is 24.1. The van der Waals surface area contributed by atoms with E-state index in [1.54, 1.807) is 23.0 Å². The first-order valence-electron chi connectivity index (χ1n) is 11.4. The topological polar surface area (TPSA) is 97.2 Å². The largest absolute Gasteiger partial charge is 0.310 e. The van der Waals surface area contributed by atoms with Gasteiger partial charge < -0.3 is 5.32 Å². The van der Waals surface area contributed by atoms with Crippen LogP contribution in [-0.4, -0.2) is 46.5 Å². The monoisotopic (exact) mass is 481 g/mol. The lowest BCUT2D eigenvalue weighted by Gasteiger charge is -2.30. The molecule has 1 amide bonds. The molecule has 0 radical (unpaired) electrons. The van der Waals surface area contributed by atoms with Crippen molar-refractivity contribution in [2.75, 3.05) is 18.4 Å². The molecule has 8 nitrogen and oxygen atoms in total. The summed E-state index contributed by atoms with van der Waals surface area (Å²) in [5.74, 6) is 0.220. The van der Waals surface area contributed by atoms with Gasteiger partial charge in [-0.15, -0.1) is 0 Å². The molecule has 0 bridgehead atoms. The van der Waals surface area contributed by atoms with Gasteiger partial charge in [-0.3, -0.25) is 9.78 Å². The summed E-state index contributed by atoms with van der Waals surface area (Å²) in [6, 6.07) is 13.0. The second kappa shape index (κ2) is 9.31. The van der Waals surface area contributed by atoms with Gasteiger partial charge in [0.2, 0.25) is 15.9 Å². The minimum atomic E-state index is -3.60. The van der Waals surface area contributed by atoms with Crippen LogP contribution in [0.25, 0.3) is 5.69 Å². The summed E-state index contributed by atoms with van der Waals surface area (Å²) in [6.45, 7) is 8.85. The van der Waals surface area contributed by atoms with Crippen molar-refractivity contribution >= 4 is 21.7 Å². The Hall–Kier alpha value is -3.04. The van der Waals surface area contributed by atoms with Gasteiger partial charge in [0.05, 0.1) is 11.4 Å². The van der Waals surface area contributed by atoms with E-state index in [4.69, 9.17) is 5.10 Å². The molecule has 0 spiro atoms. The van der Waals surface area contributed by atoms with Crippen molar-refractivity contribution in [1.82, 2.24) is 19.1 Å². The fourth-order valence-corrected chi connectivity index (χ4v) is 5.46. The van der Waals surface area contributed by atoms with Crippen LogP contribution in [0.4, 0.5) is 5.82 Å². The van der Waals surface area contributed by atoms with Gasteiger partial charge >= 0.3 is 0 Å². The smallest absolute Gasteiger partial charge is 0.244 e. The number of benzene rings is 1. The van der Waals surface area contributed by atoms with E-state index in [9.17, 15) is 13.2 Å². The molecule has 2 aromatic heterocycles. The third-order valence-corrected chi connectivity index (χ3v) is 7.95. The van der Waals surface area contributed by atoms with Gasteiger partial charge in [-0.1, -0.05) is 32.9 Å². The highest BCUT2D eigenvalue weighted by Crippen LogP contribution is 2.29. The quantitative estimate of drug-likeness (QED) is 0.596. The molecule has 4 rings (SSSR count). The van der Waals surface area contributed by atoms with Crippen molar-refractivity contribution in [2.45, 2.75) is 50.8 Å². The fraction of sp³-hybridized carbons (Fsp3) is 0.400. The molecule has 0 unspecified atom stereocenters. The molecule has 1 aromatic carbocycles. The van der Waals surface area contributed by atoms with Crippen molar-refractivity contribution in [3.63, 3.8) is 0 Å². The molecule has 1 fully saturated rings. The fourth-order valence-electron chi connectivity index (χ4n) is 4.03. The second-order valence-electron chi connectivity index (χ2n) is 9.77. The van der Waals surface area contributed by atoms with Crippen LogP contribution in [0.15, 0.2) is 59.8 Å². The maximum absolute atomic E-state index is 13.2. The second-order valence-corrected chi connectivity index (χ2v) is 11.7. The summed E-state index contributed by atoms with van der Waals surface area (Å²) in [5.41, 5.74) is 2.68. The van der Waals surface area contributed by atoms with Crippen LogP contribution in [0.3, 0.4) is 0 Å². The molecule has 1 saturated heterocycles. The maximum Gasteiger partial charge on any atom is 0.244 e. The van der Waals surface area contributed by atoms with E-state index in [1.165, 1.54) is 10.5 Å². The van der Waals surface area contributed by atoms with Crippen LogP contribution in [0, 0.1) is 12.8 Å². The Kier molecular flexibility index (Phi) is 6.60. The molecule has 3 heterocycles. The molecule has 1 N–H and O–H groups in total. The van der Waals surface area contributed by atoms with Gasteiger partial charge in [0.25, 0.3) is 0 Å². The third kappa shape index (κ3) is 5.05. The number of nitrogens with zero attached hydrogens (tertiary/aromatic N) is 4. The Morgan fingerprint density at radius 1 is 1.09 bits per heavy atom. The number of sulfonamides is 1. The molecule has 0 aliphatic carbocycles. The Labute approximate surface area is 201 Å². The standard InChI is InChI=1S/C25H31N5O3S/c1-18-7-5-8-20(15-18)30-23(16-22(28-30)25(2,3)4)27-24(31)19-10-13-29(14-11-19)34(32,33)21-9-6-12-26-17-21/h5-9,12,15-17,19H,10-11,13-14H2,1-4H3,(H,27,31). The maximum atomic E-state index is 13.2.